The van der Waals surface area contributed by atoms with Gasteiger partial charge in [0, 0.05) is 47.4 Å². The van der Waals surface area contributed by atoms with Gasteiger partial charge in [0.15, 0.2) is 0 Å². The molecule has 3 heterocycles. The number of nitrogens with zero attached hydrogens (tertiary/aromatic N) is 4. The Kier molecular flexibility index (Phi) is 6.50. The summed E-state index contributed by atoms with van der Waals surface area (Å²) in [5.41, 5.74) is 5.24. The standard InChI is InChI=1S/C27H35N5S/c1-18(25-12-13-26(33-25)22-11-6-5-8-20(22)16-31(3)4)28-27-23-17-32(21-9-7-10-21)15-14-24(23)29-19(2)30-27/h5-6,8,11-13,18,21H,7,9-10,14-17H2,1-4H3,(H,28,29,30)/t18-/m1/s1. The van der Waals surface area contributed by atoms with Crippen molar-refractivity contribution in [2.75, 3.05) is 26.0 Å². The molecule has 0 spiro atoms. The summed E-state index contributed by atoms with van der Waals surface area (Å²) < 4.78 is 0. The molecule has 6 heteroatoms. The first-order valence-corrected chi connectivity index (χ1v) is 13.0. The third kappa shape index (κ3) is 4.84. The van der Waals surface area contributed by atoms with E-state index in [4.69, 9.17) is 9.97 Å². The lowest BCUT2D eigenvalue weighted by Crippen LogP contribution is -2.43. The first-order valence-electron chi connectivity index (χ1n) is 12.2. The van der Waals surface area contributed by atoms with Gasteiger partial charge in [0.2, 0.25) is 0 Å². The monoisotopic (exact) mass is 461 g/mol. The highest BCUT2D eigenvalue weighted by molar-refractivity contribution is 7.15. The molecule has 0 radical (unpaired) electrons. The number of aryl methyl sites for hydroxylation is 1. The van der Waals surface area contributed by atoms with Crippen LogP contribution in [-0.2, 0) is 19.5 Å². The van der Waals surface area contributed by atoms with Crippen LogP contribution in [0.5, 0.6) is 0 Å². The molecule has 1 fully saturated rings. The zero-order chi connectivity index (χ0) is 22.9. The molecule has 3 aromatic rings. The van der Waals surface area contributed by atoms with E-state index in [9.17, 15) is 0 Å². The Balaban J connectivity index is 1.37. The summed E-state index contributed by atoms with van der Waals surface area (Å²) in [4.78, 5) is 17.2. The van der Waals surface area contributed by atoms with Gasteiger partial charge in [-0.15, -0.1) is 11.3 Å². The van der Waals surface area contributed by atoms with Gasteiger partial charge in [-0.2, -0.15) is 0 Å². The van der Waals surface area contributed by atoms with Crippen LogP contribution in [0.4, 0.5) is 5.82 Å². The molecule has 1 aromatic carbocycles. The lowest BCUT2D eigenvalue weighted by Gasteiger charge is -2.40. The second kappa shape index (κ2) is 9.53. The fourth-order valence-electron chi connectivity index (χ4n) is 4.99. The topological polar surface area (TPSA) is 44.3 Å². The molecule has 0 unspecified atom stereocenters. The number of anilines is 1. The summed E-state index contributed by atoms with van der Waals surface area (Å²) in [5.74, 6) is 1.89. The van der Waals surface area contributed by atoms with Gasteiger partial charge in [-0.05, 0) is 64.0 Å². The van der Waals surface area contributed by atoms with Gasteiger partial charge in [0.1, 0.15) is 11.6 Å². The maximum atomic E-state index is 4.85. The van der Waals surface area contributed by atoms with Crippen molar-refractivity contribution < 1.29 is 0 Å². The predicted molar refractivity (Wildman–Crippen MR) is 138 cm³/mol. The number of hydrogen-bond acceptors (Lipinski definition) is 6. The Morgan fingerprint density at radius 2 is 1.97 bits per heavy atom. The summed E-state index contributed by atoms with van der Waals surface area (Å²) in [6.07, 6.45) is 5.09. The van der Waals surface area contributed by atoms with Crippen molar-refractivity contribution in [3.63, 3.8) is 0 Å². The van der Waals surface area contributed by atoms with Crippen molar-refractivity contribution in [3.8, 4) is 10.4 Å². The fraction of sp³-hybridized carbons (Fsp3) is 0.481. The lowest BCUT2D eigenvalue weighted by molar-refractivity contribution is 0.112. The van der Waals surface area contributed by atoms with Gasteiger partial charge < -0.3 is 10.2 Å². The Bertz CT molecular complexity index is 1120. The molecule has 0 saturated heterocycles. The molecule has 0 amide bonds. The molecule has 2 aliphatic rings. The van der Waals surface area contributed by atoms with Gasteiger partial charge in [-0.3, -0.25) is 4.90 Å². The molecule has 1 aliphatic heterocycles. The molecule has 1 atom stereocenters. The van der Waals surface area contributed by atoms with Crippen LogP contribution in [0.3, 0.4) is 0 Å². The largest absolute Gasteiger partial charge is 0.362 e. The molecule has 1 aliphatic carbocycles. The van der Waals surface area contributed by atoms with Crippen molar-refractivity contribution in [3.05, 3.63) is 63.9 Å². The maximum Gasteiger partial charge on any atom is 0.134 e. The van der Waals surface area contributed by atoms with Gasteiger partial charge in [-0.25, -0.2) is 9.97 Å². The predicted octanol–water partition coefficient (Wildman–Crippen LogP) is 5.66. The number of benzene rings is 1. The highest BCUT2D eigenvalue weighted by Crippen LogP contribution is 2.36. The molecule has 5 nitrogen and oxygen atoms in total. The highest BCUT2D eigenvalue weighted by atomic mass is 32.1. The van der Waals surface area contributed by atoms with E-state index in [2.05, 4.69) is 72.5 Å². The number of aromatic nitrogens is 2. The van der Waals surface area contributed by atoms with E-state index < -0.39 is 0 Å². The first kappa shape index (κ1) is 22.5. The molecule has 1 N–H and O–H groups in total. The van der Waals surface area contributed by atoms with Gasteiger partial charge in [0.25, 0.3) is 0 Å². The van der Waals surface area contributed by atoms with Crippen LogP contribution in [0.1, 0.15) is 59.8 Å². The van der Waals surface area contributed by atoms with E-state index in [0.717, 1.165) is 43.7 Å². The lowest BCUT2D eigenvalue weighted by atomic mass is 9.89. The number of nitrogens with one attached hydrogen (secondary N) is 1. The summed E-state index contributed by atoms with van der Waals surface area (Å²) in [7, 11) is 4.25. The van der Waals surface area contributed by atoms with Crippen LogP contribution in [0, 0.1) is 6.92 Å². The van der Waals surface area contributed by atoms with Crippen molar-refractivity contribution in [1.82, 2.24) is 19.8 Å². The Labute approximate surface area is 201 Å². The number of fused-ring (bicyclic) bond motifs is 1. The second-order valence-corrected chi connectivity index (χ2v) is 10.9. The normalized spacial score (nSPS) is 17.6. The molecule has 2 aromatic heterocycles. The van der Waals surface area contributed by atoms with E-state index in [-0.39, 0.29) is 6.04 Å². The van der Waals surface area contributed by atoms with Crippen molar-refractivity contribution in [1.29, 1.82) is 0 Å². The average Bonchev–Trinajstić information content (AvgIpc) is 3.23. The minimum atomic E-state index is 0.197. The molecule has 33 heavy (non-hydrogen) atoms. The number of thiophene rings is 1. The van der Waals surface area contributed by atoms with Crippen molar-refractivity contribution >= 4 is 17.2 Å². The summed E-state index contributed by atoms with van der Waals surface area (Å²) >= 11 is 1.88. The van der Waals surface area contributed by atoms with Gasteiger partial charge in [0.05, 0.1) is 11.7 Å². The smallest absolute Gasteiger partial charge is 0.134 e. The zero-order valence-corrected chi connectivity index (χ0v) is 21.1. The van der Waals surface area contributed by atoms with E-state index in [1.54, 1.807) is 0 Å². The van der Waals surface area contributed by atoms with E-state index in [1.165, 1.54) is 51.4 Å². The van der Waals surface area contributed by atoms with Crippen LogP contribution >= 0.6 is 11.3 Å². The number of hydrogen-bond donors (Lipinski definition) is 1. The Morgan fingerprint density at radius 1 is 1.15 bits per heavy atom. The third-order valence-corrected chi connectivity index (χ3v) is 8.27. The average molecular weight is 462 g/mol. The highest BCUT2D eigenvalue weighted by Gasteiger charge is 2.30. The fourth-order valence-corrected chi connectivity index (χ4v) is 6.06. The summed E-state index contributed by atoms with van der Waals surface area (Å²) in [5, 5.41) is 3.76. The maximum absolute atomic E-state index is 4.85. The molecular weight excluding hydrogens is 426 g/mol. The van der Waals surface area contributed by atoms with E-state index >= 15 is 0 Å². The minimum Gasteiger partial charge on any atom is -0.362 e. The van der Waals surface area contributed by atoms with Crippen LogP contribution < -0.4 is 5.32 Å². The third-order valence-electron chi connectivity index (χ3n) is 6.97. The minimum absolute atomic E-state index is 0.197. The van der Waals surface area contributed by atoms with Gasteiger partial charge >= 0.3 is 0 Å². The molecule has 5 rings (SSSR count). The van der Waals surface area contributed by atoms with Crippen LogP contribution in [0.25, 0.3) is 10.4 Å². The number of rotatable bonds is 7. The molecule has 174 valence electrons. The van der Waals surface area contributed by atoms with Gasteiger partial charge in [-0.1, -0.05) is 30.7 Å². The summed E-state index contributed by atoms with van der Waals surface area (Å²) in [6, 6.07) is 14.2. The SMILES string of the molecule is Cc1nc2c(c(N[C@H](C)c3ccc(-c4ccccc4CN(C)C)s3)n1)CN(C1CCC1)CC2. The van der Waals surface area contributed by atoms with E-state index in [0.29, 0.717) is 0 Å². The zero-order valence-electron chi connectivity index (χ0n) is 20.3. The molecular formula is C27H35N5S. The van der Waals surface area contributed by atoms with Crippen molar-refractivity contribution in [2.24, 2.45) is 0 Å². The first-order chi connectivity index (χ1) is 16.0. The summed E-state index contributed by atoms with van der Waals surface area (Å²) in [6.45, 7) is 7.31. The van der Waals surface area contributed by atoms with E-state index in [1.807, 2.05) is 18.3 Å². The quantitative estimate of drug-likeness (QED) is 0.492. The Morgan fingerprint density at radius 3 is 2.73 bits per heavy atom. The van der Waals surface area contributed by atoms with Crippen LogP contribution in [-0.4, -0.2) is 46.4 Å². The molecule has 0 bridgehead atoms. The van der Waals surface area contributed by atoms with Crippen LogP contribution in [0.2, 0.25) is 0 Å². The van der Waals surface area contributed by atoms with Crippen molar-refractivity contribution in [2.45, 2.75) is 64.7 Å². The van der Waals surface area contributed by atoms with Crippen LogP contribution in [0.15, 0.2) is 36.4 Å². The second-order valence-electron chi connectivity index (χ2n) is 9.81. The Hall–Kier alpha value is -2.28. The molecule has 1 saturated carbocycles.